The van der Waals surface area contributed by atoms with Gasteiger partial charge in [-0.15, -0.1) is 0 Å². The molecule has 0 radical (unpaired) electrons. The van der Waals surface area contributed by atoms with Crippen molar-refractivity contribution in [3.63, 3.8) is 0 Å². The van der Waals surface area contributed by atoms with E-state index in [0.29, 0.717) is 12.0 Å². The van der Waals surface area contributed by atoms with Gasteiger partial charge >= 0.3 is 5.97 Å². The Morgan fingerprint density at radius 2 is 1.76 bits per heavy atom. The number of ketones is 1. The Hall–Kier alpha value is -2.48. The molecule has 0 unspecified atom stereocenters. The fourth-order valence-corrected chi connectivity index (χ4v) is 1.55. The molecule has 0 saturated heterocycles. The fraction of sp³-hybridized carbons (Fsp3) is 0.619. The van der Waals surface area contributed by atoms with E-state index in [4.69, 9.17) is 14.2 Å². The third-order valence-electron chi connectivity index (χ3n) is 2.84. The van der Waals surface area contributed by atoms with E-state index in [1.807, 2.05) is 20.8 Å². The molecule has 0 aliphatic heterocycles. The highest BCUT2D eigenvalue weighted by Gasteiger charge is 2.23. The van der Waals surface area contributed by atoms with E-state index in [1.165, 1.54) is 20.4 Å². The second-order valence-electron chi connectivity index (χ2n) is 6.24. The van der Waals surface area contributed by atoms with Crippen LogP contribution >= 0.6 is 0 Å². The molecular weight excluding hydrogens is 376 g/mol. The number of carbonyl (C=O) groups excluding carboxylic acids is 3. The molecule has 0 fully saturated rings. The van der Waals surface area contributed by atoms with E-state index >= 15 is 0 Å². The number of ether oxygens (including phenoxy) is 3. The molecule has 29 heavy (non-hydrogen) atoms. The number of carbonyl (C=O) groups is 3. The van der Waals surface area contributed by atoms with Gasteiger partial charge in [-0.25, -0.2) is 4.98 Å². The van der Waals surface area contributed by atoms with Crippen molar-refractivity contribution < 1.29 is 28.6 Å². The molecule has 0 spiro atoms. The van der Waals surface area contributed by atoms with Gasteiger partial charge < -0.3 is 24.7 Å². The Kier molecular flexibility index (Phi) is 20.3. The predicted molar refractivity (Wildman–Crippen MR) is 114 cm³/mol. The Labute approximate surface area is 175 Å². The van der Waals surface area contributed by atoms with Crippen LogP contribution in [0.4, 0.5) is 0 Å². The molecule has 0 aliphatic carbocycles. The number of nitrogens with zero attached hydrogens (tertiary/aromatic N) is 1. The van der Waals surface area contributed by atoms with Crippen LogP contribution in [-0.4, -0.2) is 44.0 Å². The van der Waals surface area contributed by atoms with E-state index in [1.54, 1.807) is 33.8 Å². The van der Waals surface area contributed by atoms with Crippen LogP contribution < -0.4 is 15.2 Å². The van der Waals surface area contributed by atoms with Gasteiger partial charge in [0.25, 0.3) is 0 Å². The number of aromatic nitrogens is 1. The van der Waals surface area contributed by atoms with E-state index in [-0.39, 0.29) is 24.0 Å². The topological polar surface area (TPSA) is 118 Å². The molecule has 1 aromatic heterocycles. The van der Waals surface area contributed by atoms with E-state index in [9.17, 15) is 14.4 Å². The number of rotatable bonds is 7. The molecule has 1 heterocycles. The predicted octanol–water partition coefficient (Wildman–Crippen LogP) is 3.80. The number of aldehydes is 1. The lowest BCUT2D eigenvalue weighted by molar-refractivity contribution is -0.159. The van der Waals surface area contributed by atoms with Crippen LogP contribution in [0.15, 0.2) is 12.3 Å². The van der Waals surface area contributed by atoms with Gasteiger partial charge in [0.1, 0.15) is 11.5 Å². The summed E-state index contributed by atoms with van der Waals surface area (Å²) in [6.07, 6.45) is 3.69. The van der Waals surface area contributed by atoms with Gasteiger partial charge in [-0.1, -0.05) is 20.8 Å². The minimum Gasteiger partial charge on any atom is -0.493 e. The van der Waals surface area contributed by atoms with Gasteiger partial charge in [-0.3, -0.25) is 9.59 Å². The summed E-state index contributed by atoms with van der Waals surface area (Å²) in [5.74, 6) is 0.395. The summed E-state index contributed by atoms with van der Waals surface area (Å²) >= 11 is 0. The fourth-order valence-electron chi connectivity index (χ4n) is 1.55. The Bertz CT molecular complexity index is 583. The van der Waals surface area contributed by atoms with Crippen molar-refractivity contribution >= 4 is 18.0 Å². The Morgan fingerprint density at radius 3 is 2.10 bits per heavy atom. The first kappa shape index (κ1) is 31.2. The Balaban J connectivity index is -0.000000570. The zero-order valence-corrected chi connectivity index (χ0v) is 19.3. The van der Waals surface area contributed by atoms with E-state index < -0.39 is 11.4 Å². The maximum atomic E-state index is 11.5. The number of pyridine rings is 1. The van der Waals surface area contributed by atoms with Crippen LogP contribution in [0.1, 0.15) is 71.8 Å². The average Bonchev–Trinajstić information content (AvgIpc) is 2.70. The third kappa shape index (κ3) is 15.2. The van der Waals surface area contributed by atoms with E-state index in [0.717, 1.165) is 12.8 Å². The summed E-state index contributed by atoms with van der Waals surface area (Å²) in [5.41, 5.74) is 3.97. The molecule has 0 bridgehead atoms. The largest absolute Gasteiger partial charge is 0.493 e. The van der Waals surface area contributed by atoms with Crippen molar-refractivity contribution in [3.05, 3.63) is 18.0 Å². The highest BCUT2D eigenvalue weighted by atomic mass is 16.7. The maximum absolute atomic E-state index is 11.5. The van der Waals surface area contributed by atoms with Crippen molar-refractivity contribution in [3.8, 4) is 11.5 Å². The SMILES string of the molecule is CC.CCCC(C)=O.CN.COc1ccnc(C=O)c1OCOC(=O)C(C)(C)C. The second-order valence-corrected chi connectivity index (χ2v) is 6.24. The minimum atomic E-state index is -0.615. The summed E-state index contributed by atoms with van der Waals surface area (Å²) in [5, 5.41) is 0. The van der Waals surface area contributed by atoms with Gasteiger partial charge in [-0.2, -0.15) is 0 Å². The monoisotopic (exact) mass is 414 g/mol. The lowest BCUT2D eigenvalue weighted by atomic mass is 9.98. The van der Waals surface area contributed by atoms with E-state index in [2.05, 4.69) is 10.7 Å². The first-order valence-corrected chi connectivity index (χ1v) is 9.52. The van der Waals surface area contributed by atoms with Crippen molar-refractivity contribution in [2.24, 2.45) is 11.1 Å². The number of esters is 1. The number of methoxy groups -OCH3 is 1. The van der Waals surface area contributed by atoms with Crippen molar-refractivity contribution in [1.82, 2.24) is 4.98 Å². The molecule has 0 aromatic carbocycles. The first-order chi connectivity index (χ1) is 13.7. The highest BCUT2D eigenvalue weighted by Crippen LogP contribution is 2.28. The van der Waals surface area contributed by atoms with Gasteiger partial charge in [0, 0.05) is 18.7 Å². The van der Waals surface area contributed by atoms with Crippen LogP contribution in [0, 0.1) is 5.41 Å². The molecular formula is C21H38N2O6. The first-order valence-electron chi connectivity index (χ1n) is 9.52. The molecule has 0 atom stereocenters. The lowest BCUT2D eigenvalue weighted by Crippen LogP contribution is -2.24. The van der Waals surface area contributed by atoms with Gasteiger partial charge in [-0.05, 0) is 41.2 Å². The van der Waals surface area contributed by atoms with Gasteiger partial charge in [0.05, 0.1) is 12.5 Å². The summed E-state index contributed by atoms with van der Waals surface area (Å²) in [4.78, 5) is 36.3. The summed E-state index contributed by atoms with van der Waals surface area (Å²) < 4.78 is 15.3. The van der Waals surface area contributed by atoms with Gasteiger partial charge in [0.2, 0.25) is 6.79 Å². The van der Waals surface area contributed by atoms with Crippen LogP contribution in [0.3, 0.4) is 0 Å². The Morgan fingerprint density at radius 1 is 1.21 bits per heavy atom. The average molecular weight is 415 g/mol. The molecule has 8 nitrogen and oxygen atoms in total. The summed E-state index contributed by atoms with van der Waals surface area (Å²) in [6, 6.07) is 1.55. The van der Waals surface area contributed by atoms with Gasteiger partial charge in [0.15, 0.2) is 17.8 Å². The normalized spacial score (nSPS) is 9.17. The molecule has 0 aliphatic rings. The molecule has 1 aromatic rings. The molecule has 8 heteroatoms. The second kappa shape index (κ2) is 18.9. The minimum absolute atomic E-state index is 0.0890. The molecule has 2 N–H and O–H groups in total. The van der Waals surface area contributed by atoms with Crippen LogP contribution in [0.2, 0.25) is 0 Å². The van der Waals surface area contributed by atoms with Crippen LogP contribution in [0.25, 0.3) is 0 Å². The maximum Gasteiger partial charge on any atom is 0.314 e. The van der Waals surface area contributed by atoms with Crippen molar-refractivity contribution in [2.75, 3.05) is 21.0 Å². The summed E-state index contributed by atoms with van der Waals surface area (Å²) in [6.45, 7) is 12.5. The van der Waals surface area contributed by atoms with Crippen molar-refractivity contribution in [2.45, 2.75) is 61.3 Å². The highest BCUT2D eigenvalue weighted by molar-refractivity contribution is 5.78. The zero-order chi connectivity index (χ0) is 23.5. The number of Topliss-reactive ketones (excluding diaryl/α,β-unsaturated/α-hetero) is 1. The lowest BCUT2D eigenvalue weighted by Gasteiger charge is -2.17. The zero-order valence-electron chi connectivity index (χ0n) is 19.3. The smallest absolute Gasteiger partial charge is 0.314 e. The third-order valence-corrected chi connectivity index (χ3v) is 2.84. The standard InChI is InChI=1S/C13H17NO5.C5H10O.C2H6.CH5N/c1-13(2,3)12(16)19-8-18-11-9(7-15)14-6-5-10(11)17-4;1-3-4-5(2)6;2*1-2/h5-7H,8H2,1-4H3;3-4H2,1-2H3;1-2H3;2H2,1H3. The molecule has 0 saturated carbocycles. The number of hydrogen-bond acceptors (Lipinski definition) is 8. The number of hydrogen-bond donors (Lipinski definition) is 1. The molecule has 0 amide bonds. The van der Waals surface area contributed by atoms with Crippen LogP contribution in [-0.2, 0) is 14.3 Å². The number of nitrogens with two attached hydrogens (primary N) is 1. The van der Waals surface area contributed by atoms with Crippen molar-refractivity contribution in [1.29, 1.82) is 0 Å². The quantitative estimate of drug-likeness (QED) is 0.406. The summed E-state index contributed by atoms with van der Waals surface area (Å²) in [7, 11) is 2.94. The molecule has 168 valence electrons. The van der Waals surface area contributed by atoms with Crippen LogP contribution in [0.5, 0.6) is 11.5 Å². The molecule has 1 rings (SSSR count).